The number of anilines is 1. The van der Waals surface area contributed by atoms with E-state index < -0.39 is 5.91 Å². The van der Waals surface area contributed by atoms with Crippen LogP contribution in [0.5, 0.6) is 5.88 Å². The molecule has 0 fully saturated rings. The van der Waals surface area contributed by atoms with E-state index in [0.717, 1.165) is 0 Å². The molecule has 1 heterocycles. The number of hydrogen-bond donors (Lipinski definition) is 1. The van der Waals surface area contributed by atoms with Crippen molar-refractivity contribution in [1.29, 1.82) is 0 Å². The van der Waals surface area contributed by atoms with Gasteiger partial charge in [0.15, 0.2) is 6.61 Å². The topological polar surface area (TPSA) is 64.1 Å². The average Bonchev–Trinajstić information content (AvgIpc) is 2.56. The van der Waals surface area contributed by atoms with Gasteiger partial charge in [-0.05, 0) is 24.3 Å². The van der Waals surface area contributed by atoms with Gasteiger partial charge in [-0.2, -0.15) is 0 Å². The number of amides is 1. The summed E-state index contributed by atoms with van der Waals surface area (Å²) in [5, 5.41) is 4.52. The van der Waals surface area contributed by atoms with Gasteiger partial charge in [0, 0.05) is 5.02 Å². The zero-order valence-corrected chi connectivity index (χ0v) is 15.4. The van der Waals surface area contributed by atoms with E-state index in [9.17, 15) is 4.79 Å². The Kier molecular flexibility index (Phi) is 5.49. The molecule has 1 aromatic heterocycles. The van der Waals surface area contributed by atoms with Crippen LogP contribution in [-0.2, 0) is 4.79 Å². The van der Waals surface area contributed by atoms with E-state index in [1.807, 2.05) is 0 Å². The number of para-hydroxylation sites is 1. The van der Waals surface area contributed by atoms with Crippen LogP contribution in [-0.4, -0.2) is 22.5 Å². The molecule has 3 aromatic rings. The molecule has 0 atom stereocenters. The maximum absolute atomic E-state index is 12.1. The van der Waals surface area contributed by atoms with Crippen molar-refractivity contribution in [2.75, 3.05) is 11.9 Å². The fourth-order valence-corrected chi connectivity index (χ4v) is 3.14. The molecular weight excluding hydrogens is 408 g/mol. The van der Waals surface area contributed by atoms with Gasteiger partial charge in [-0.3, -0.25) is 4.79 Å². The number of hydrogen-bond acceptors (Lipinski definition) is 4. The summed E-state index contributed by atoms with van der Waals surface area (Å²) in [6, 6.07) is 8.09. The second-order valence-corrected chi connectivity index (χ2v) is 6.55. The van der Waals surface area contributed by atoms with E-state index in [2.05, 4.69) is 15.3 Å². The van der Waals surface area contributed by atoms with Crippen molar-refractivity contribution in [2.45, 2.75) is 0 Å². The lowest BCUT2D eigenvalue weighted by atomic mass is 10.2. The Bertz CT molecular complexity index is 945. The van der Waals surface area contributed by atoms with Crippen LogP contribution in [0.4, 0.5) is 5.69 Å². The predicted octanol–water partition coefficient (Wildman–Crippen LogP) is 5.26. The van der Waals surface area contributed by atoms with Crippen molar-refractivity contribution in [2.24, 2.45) is 0 Å². The number of ether oxygens (including phenoxy) is 1. The van der Waals surface area contributed by atoms with Gasteiger partial charge >= 0.3 is 0 Å². The highest BCUT2D eigenvalue weighted by Crippen LogP contribution is 2.31. The van der Waals surface area contributed by atoms with E-state index in [0.29, 0.717) is 36.7 Å². The molecule has 1 amide bonds. The van der Waals surface area contributed by atoms with Gasteiger partial charge in [-0.1, -0.05) is 52.5 Å². The molecule has 0 aliphatic carbocycles. The Labute approximate surface area is 162 Å². The van der Waals surface area contributed by atoms with Crippen molar-refractivity contribution < 1.29 is 9.53 Å². The SMILES string of the molecule is O=C(COc1ncnc2c(Cl)cc(Cl)cc12)Nc1c(Cl)cccc1Cl. The second-order valence-electron chi connectivity index (χ2n) is 4.90. The Morgan fingerprint density at radius 2 is 1.76 bits per heavy atom. The third-order valence-electron chi connectivity index (χ3n) is 3.19. The number of carbonyl (C=O) groups excluding carboxylic acids is 1. The number of aromatic nitrogens is 2. The van der Waals surface area contributed by atoms with Crippen LogP contribution in [0, 0.1) is 0 Å². The van der Waals surface area contributed by atoms with E-state index >= 15 is 0 Å². The second kappa shape index (κ2) is 7.62. The van der Waals surface area contributed by atoms with E-state index in [-0.39, 0.29) is 12.5 Å². The summed E-state index contributed by atoms with van der Waals surface area (Å²) in [6.45, 7) is -0.308. The Morgan fingerprint density at radius 1 is 1.04 bits per heavy atom. The van der Waals surface area contributed by atoms with Gasteiger partial charge in [0.1, 0.15) is 6.33 Å². The minimum Gasteiger partial charge on any atom is -0.467 e. The number of halogens is 4. The number of benzene rings is 2. The Hall–Kier alpha value is -1.79. The molecule has 9 heteroatoms. The smallest absolute Gasteiger partial charge is 0.262 e. The average molecular weight is 417 g/mol. The monoisotopic (exact) mass is 415 g/mol. The summed E-state index contributed by atoms with van der Waals surface area (Å²) in [7, 11) is 0. The van der Waals surface area contributed by atoms with Crippen LogP contribution in [0.15, 0.2) is 36.7 Å². The first-order chi connectivity index (χ1) is 12.0. The fraction of sp³-hybridized carbons (Fsp3) is 0.0625. The first-order valence-corrected chi connectivity index (χ1v) is 8.43. The van der Waals surface area contributed by atoms with E-state index in [1.54, 1.807) is 30.3 Å². The van der Waals surface area contributed by atoms with E-state index in [4.69, 9.17) is 51.1 Å². The number of fused-ring (bicyclic) bond motifs is 1. The van der Waals surface area contributed by atoms with Gasteiger partial charge in [-0.15, -0.1) is 0 Å². The van der Waals surface area contributed by atoms with Crippen LogP contribution in [0.1, 0.15) is 0 Å². The largest absolute Gasteiger partial charge is 0.467 e. The molecule has 3 rings (SSSR count). The number of rotatable bonds is 4. The van der Waals surface area contributed by atoms with Gasteiger partial charge in [-0.25, -0.2) is 9.97 Å². The Balaban J connectivity index is 1.78. The van der Waals surface area contributed by atoms with Crippen molar-refractivity contribution in [3.05, 3.63) is 56.7 Å². The van der Waals surface area contributed by atoms with Crippen molar-refractivity contribution >= 4 is 68.9 Å². The third kappa shape index (κ3) is 4.07. The molecule has 25 heavy (non-hydrogen) atoms. The molecule has 0 radical (unpaired) electrons. The predicted molar refractivity (Wildman–Crippen MR) is 100 cm³/mol. The van der Waals surface area contributed by atoms with Gasteiger partial charge in [0.25, 0.3) is 5.91 Å². The summed E-state index contributed by atoms with van der Waals surface area (Å²) < 4.78 is 5.48. The highest BCUT2D eigenvalue weighted by atomic mass is 35.5. The fourth-order valence-electron chi connectivity index (χ4n) is 2.11. The number of nitrogens with zero attached hydrogens (tertiary/aromatic N) is 2. The minimum absolute atomic E-state index is 0.190. The first-order valence-electron chi connectivity index (χ1n) is 6.92. The molecule has 0 aliphatic heterocycles. The molecule has 0 aliphatic rings. The van der Waals surface area contributed by atoms with Crippen LogP contribution in [0.2, 0.25) is 20.1 Å². The summed E-state index contributed by atoms with van der Waals surface area (Å²) in [6.07, 6.45) is 1.29. The van der Waals surface area contributed by atoms with Crippen LogP contribution in [0.3, 0.4) is 0 Å². The van der Waals surface area contributed by atoms with Gasteiger partial charge < -0.3 is 10.1 Å². The first kappa shape index (κ1) is 18.0. The zero-order chi connectivity index (χ0) is 18.0. The van der Waals surface area contributed by atoms with Gasteiger partial charge in [0.2, 0.25) is 5.88 Å². The van der Waals surface area contributed by atoms with Crippen molar-refractivity contribution in [1.82, 2.24) is 9.97 Å². The Morgan fingerprint density at radius 3 is 2.48 bits per heavy atom. The molecule has 1 N–H and O–H groups in total. The molecule has 128 valence electrons. The van der Waals surface area contributed by atoms with Crippen molar-refractivity contribution in [3.8, 4) is 5.88 Å². The van der Waals surface area contributed by atoms with Crippen LogP contribution in [0.25, 0.3) is 10.9 Å². The standard InChI is InChI=1S/C16H9Cl4N3O2/c17-8-4-9-14(12(20)5-8)21-7-22-16(9)25-6-13(24)23-15-10(18)2-1-3-11(15)19/h1-5,7H,6H2,(H,23,24). The minimum atomic E-state index is -0.449. The molecule has 0 saturated heterocycles. The molecule has 2 aromatic carbocycles. The highest BCUT2D eigenvalue weighted by molar-refractivity contribution is 6.40. The lowest BCUT2D eigenvalue weighted by Gasteiger charge is -2.11. The maximum atomic E-state index is 12.1. The number of nitrogens with one attached hydrogen (secondary N) is 1. The summed E-state index contributed by atoms with van der Waals surface area (Å²) in [5.41, 5.74) is 0.795. The molecule has 0 spiro atoms. The van der Waals surface area contributed by atoms with Gasteiger partial charge in [0.05, 0.1) is 31.7 Å². The molecule has 5 nitrogen and oxygen atoms in total. The summed E-state index contributed by atoms with van der Waals surface area (Å²) >= 11 is 24.1. The third-order valence-corrected chi connectivity index (χ3v) is 4.32. The maximum Gasteiger partial charge on any atom is 0.262 e. The van der Waals surface area contributed by atoms with Crippen LogP contribution >= 0.6 is 46.4 Å². The summed E-state index contributed by atoms with van der Waals surface area (Å²) in [5.74, 6) is -0.260. The quantitative estimate of drug-likeness (QED) is 0.629. The molecule has 0 saturated carbocycles. The molecular formula is C16H9Cl4N3O2. The summed E-state index contributed by atoms with van der Waals surface area (Å²) in [4.78, 5) is 20.2. The van der Waals surface area contributed by atoms with Crippen LogP contribution < -0.4 is 10.1 Å². The van der Waals surface area contributed by atoms with E-state index in [1.165, 1.54) is 6.33 Å². The molecule has 0 bridgehead atoms. The van der Waals surface area contributed by atoms with Crippen molar-refractivity contribution in [3.63, 3.8) is 0 Å². The highest BCUT2D eigenvalue weighted by Gasteiger charge is 2.13. The zero-order valence-electron chi connectivity index (χ0n) is 12.4. The lowest BCUT2D eigenvalue weighted by Crippen LogP contribution is -2.21. The lowest BCUT2D eigenvalue weighted by molar-refractivity contribution is -0.118. The molecule has 0 unspecified atom stereocenters. The number of carbonyl (C=O) groups is 1. The normalized spacial score (nSPS) is 10.7.